The van der Waals surface area contributed by atoms with Gasteiger partial charge in [0.25, 0.3) is 0 Å². The predicted molar refractivity (Wildman–Crippen MR) is 103 cm³/mol. The summed E-state index contributed by atoms with van der Waals surface area (Å²) in [7, 11) is 5.67. The molecule has 0 aliphatic carbocycles. The number of ether oxygens (including phenoxy) is 2. The van der Waals surface area contributed by atoms with Crippen molar-refractivity contribution in [2.45, 2.75) is 12.8 Å². The van der Waals surface area contributed by atoms with Crippen molar-refractivity contribution in [1.29, 1.82) is 0 Å². The number of rotatable bonds is 6. The molecule has 0 bridgehead atoms. The van der Waals surface area contributed by atoms with Gasteiger partial charge in [-0.15, -0.1) is 0 Å². The molecule has 1 aliphatic rings. The second kappa shape index (κ2) is 8.13. The molecule has 0 radical (unpaired) electrons. The van der Waals surface area contributed by atoms with E-state index in [1.165, 1.54) is 11.3 Å². The maximum absolute atomic E-state index is 12.5. The Morgan fingerprint density at radius 3 is 2.69 bits per heavy atom. The first-order chi connectivity index (χ1) is 12.6. The molecule has 0 saturated heterocycles. The molecule has 5 nitrogen and oxygen atoms in total. The summed E-state index contributed by atoms with van der Waals surface area (Å²) >= 11 is 0. The van der Waals surface area contributed by atoms with E-state index in [0.29, 0.717) is 19.6 Å². The van der Waals surface area contributed by atoms with E-state index in [9.17, 15) is 4.79 Å². The van der Waals surface area contributed by atoms with Crippen LogP contribution in [0.25, 0.3) is 0 Å². The third-order valence-electron chi connectivity index (χ3n) is 4.71. The highest BCUT2D eigenvalue weighted by Gasteiger charge is 2.27. The number of nitrogens with one attached hydrogen (secondary N) is 1. The lowest BCUT2D eigenvalue weighted by Crippen LogP contribution is -2.38. The van der Waals surface area contributed by atoms with Crippen LogP contribution in [0.3, 0.4) is 0 Å². The molecule has 1 amide bonds. The number of nitrogens with zero attached hydrogens (tertiary/aromatic N) is 1. The molecule has 3 rings (SSSR count). The molecule has 1 heterocycles. The van der Waals surface area contributed by atoms with E-state index in [0.717, 1.165) is 23.5 Å². The van der Waals surface area contributed by atoms with Crippen molar-refractivity contribution in [2.24, 2.45) is 5.92 Å². The number of methoxy groups -OCH3 is 1. The van der Waals surface area contributed by atoms with E-state index in [1.54, 1.807) is 7.11 Å². The fourth-order valence-electron chi connectivity index (χ4n) is 3.16. The van der Waals surface area contributed by atoms with Gasteiger partial charge in [-0.25, -0.2) is 0 Å². The maximum atomic E-state index is 12.5. The Morgan fingerprint density at radius 1 is 1.23 bits per heavy atom. The van der Waals surface area contributed by atoms with Gasteiger partial charge >= 0.3 is 0 Å². The molecule has 0 spiro atoms. The lowest BCUT2D eigenvalue weighted by molar-refractivity contribution is -0.126. The Morgan fingerprint density at radius 2 is 2.00 bits per heavy atom. The van der Waals surface area contributed by atoms with Crippen molar-refractivity contribution in [3.63, 3.8) is 0 Å². The topological polar surface area (TPSA) is 50.8 Å². The molecule has 26 heavy (non-hydrogen) atoms. The van der Waals surface area contributed by atoms with Gasteiger partial charge in [0.15, 0.2) is 11.5 Å². The normalized spacial score (nSPS) is 15.6. The van der Waals surface area contributed by atoms with Gasteiger partial charge in [0.2, 0.25) is 5.91 Å². The number of fused-ring (bicyclic) bond motifs is 1. The summed E-state index contributed by atoms with van der Waals surface area (Å²) in [5.74, 6) is 1.37. The average Bonchev–Trinajstić information content (AvgIpc) is 2.67. The Balaban J connectivity index is 1.51. The van der Waals surface area contributed by atoms with Crippen molar-refractivity contribution in [3.05, 3.63) is 53.6 Å². The van der Waals surface area contributed by atoms with Crippen LogP contribution in [0.2, 0.25) is 0 Å². The van der Waals surface area contributed by atoms with Crippen molar-refractivity contribution < 1.29 is 14.3 Å². The van der Waals surface area contributed by atoms with Gasteiger partial charge in [-0.2, -0.15) is 0 Å². The zero-order chi connectivity index (χ0) is 18.5. The highest BCUT2D eigenvalue weighted by Crippen LogP contribution is 2.35. The van der Waals surface area contributed by atoms with Crippen LogP contribution in [-0.2, 0) is 17.6 Å². The van der Waals surface area contributed by atoms with Gasteiger partial charge < -0.3 is 19.7 Å². The number of hydrogen-bond acceptors (Lipinski definition) is 4. The van der Waals surface area contributed by atoms with Crippen LogP contribution in [0.4, 0.5) is 5.69 Å². The van der Waals surface area contributed by atoms with Gasteiger partial charge in [-0.3, -0.25) is 4.79 Å². The van der Waals surface area contributed by atoms with E-state index in [4.69, 9.17) is 9.47 Å². The van der Waals surface area contributed by atoms with Crippen LogP contribution in [0.1, 0.15) is 11.1 Å². The van der Waals surface area contributed by atoms with Gasteiger partial charge in [0.1, 0.15) is 6.61 Å². The number of anilines is 1. The number of hydrogen-bond donors (Lipinski definition) is 1. The second-order valence-corrected chi connectivity index (χ2v) is 6.76. The second-order valence-electron chi connectivity index (χ2n) is 6.76. The van der Waals surface area contributed by atoms with E-state index >= 15 is 0 Å². The fraction of sp³-hybridized carbons (Fsp3) is 0.381. The first kappa shape index (κ1) is 18.1. The molecule has 0 aromatic heterocycles. The third-order valence-corrected chi connectivity index (χ3v) is 4.71. The van der Waals surface area contributed by atoms with Crippen molar-refractivity contribution >= 4 is 11.6 Å². The highest BCUT2D eigenvalue weighted by molar-refractivity contribution is 5.79. The number of carbonyl (C=O) groups excluding carboxylic acids is 1. The maximum Gasteiger partial charge on any atom is 0.226 e. The minimum Gasteiger partial charge on any atom is -0.493 e. The van der Waals surface area contributed by atoms with Crippen molar-refractivity contribution in [2.75, 3.05) is 39.3 Å². The van der Waals surface area contributed by atoms with Crippen LogP contribution in [0.15, 0.2) is 42.5 Å². The van der Waals surface area contributed by atoms with Gasteiger partial charge in [-0.1, -0.05) is 24.3 Å². The predicted octanol–water partition coefficient (Wildman–Crippen LogP) is 2.67. The van der Waals surface area contributed by atoms with Gasteiger partial charge in [0.05, 0.1) is 13.0 Å². The zero-order valence-electron chi connectivity index (χ0n) is 15.6. The Labute approximate surface area is 154 Å². The number of para-hydroxylation sites is 1. The summed E-state index contributed by atoms with van der Waals surface area (Å²) < 4.78 is 11.1. The van der Waals surface area contributed by atoms with Crippen LogP contribution >= 0.6 is 0 Å². The van der Waals surface area contributed by atoms with Crippen LogP contribution in [-0.4, -0.2) is 40.3 Å². The fourth-order valence-corrected chi connectivity index (χ4v) is 3.16. The Bertz CT molecular complexity index is 756. The smallest absolute Gasteiger partial charge is 0.226 e. The molecule has 1 unspecified atom stereocenters. The van der Waals surface area contributed by atoms with Crippen LogP contribution in [0.5, 0.6) is 11.5 Å². The van der Waals surface area contributed by atoms with Crippen LogP contribution in [0, 0.1) is 5.92 Å². The first-order valence-corrected chi connectivity index (χ1v) is 8.91. The monoisotopic (exact) mass is 354 g/mol. The molecular formula is C21H26N2O3. The highest BCUT2D eigenvalue weighted by atomic mass is 16.5. The lowest BCUT2D eigenvalue weighted by Gasteiger charge is -2.25. The largest absolute Gasteiger partial charge is 0.493 e. The Hall–Kier alpha value is -2.69. The van der Waals surface area contributed by atoms with Gasteiger partial charge in [0, 0.05) is 26.3 Å². The van der Waals surface area contributed by atoms with Crippen LogP contribution < -0.4 is 19.7 Å². The average molecular weight is 354 g/mol. The summed E-state index contributed by atoms with van der Waals surface area (Å²) in [5.41, 5.74) is 3.41. The molecule has 1 atom stereocenters. The molecule has 138 valence electrons. The number of amides is 1. The summed E-state index contributed by atoms with van der Waals surface area (Å²) in [6.45, 7) is 1.01. The molecular weight excluding hydrogens is 328 g/mol. The third kappa shape index (κ3) is 4.10. The molecule has 5 heteroatoms. The molecule has 2 aromatic carbocycles. The summed E-state index contributed by atoms with van der Waals surface area (Å²) in [6.07, 6.45) is 1.49. The molecule has 1 aliphatic heterocycles. The quantitative estimate of drug-likeness (QED) is 0.867. The van der Waals surface area contributed by atoms with Gasteiger partial charge in [-0.05, 0) is 42.2 Å². The standard InChI is InChI=1S/C21H26N2O3/c1-23(2)18-9-7-15(8-10-18)11-12-22-21(24)17-13-16-5-4-6-19(25-3)20(16)26-14-17/h4-10,17H,11-14H2,1-3H3,(H,22,24). The lowest BCUT2D eigenvalue weighted by atomic mass is 9.95. The van der Waals surface area contributed by atoms with E-state index in [-0.39, 0.29) is 11.8 Å². The first-order valence-electron chi connectivity index (χ1n) is 8.91. The molecule has 1 N–H and O–H groups in total. The Kier molecular flexibility index (Phi) is 5.66. The van der Waals surface area contributed by atoms with E-state index < -0.39 is 0 Å². The van der Waals surface area contributed by atoms with E-state index in [2.05, 4.69) is 34.5 Å². The molecule has 0 saturated carbocycles. The van der Waals surface area contributed by atoms with Crippen molar-refractivity contribution in [1.82, 2.24) is 5.32 Å². The summed E-state index contributed by atoms with van der Waals surface area (Å²) in [5, 5.41) is 3.04. The SMILES string of the molecule is COc1cccc2c1OCC(C(=O)NCCc1ccc(N(C)C)cc1)C2. The zero-order valence-corrected chi connectivity index (χ0v) is 15.6. The minimum atomic E-state index is -0.161. The molecule has 0 fully saturated rings. The summed E-state index contributed by atoms with van der Waals surface area (Å²) in [4.78, 5) is 14.5. The number of benzene rings is 2. The summed E-state index contributed by atoms with van der Waals surface area (Å²) in [6, 6.07) is 14.2. The number of carbonyl (C=O) groups is 1. The molecule has 2 aromatic rings. The van der Waals surface area contributed by atoms with E-state index in [1.807, 2.05) is 32.3 Å². The van der Waals surface area contributed by atoms with Crippen molar-refractivity contribution in [3.8, 4) is 11.5 Å². The minimum absolute atomic E-state index is 0.0448.